The van der Waals surface area contributed by atoms with Crippen LogP contribution in [0.15, 0.2) is 18.2 Å². The predicted octanol–water partition coefficient (Wildman–Crippen LogP) is 2.05. The molecule has 8 nitrogen and oxygen atoms in total. The van der Waals surface area contributed by atoms with Crippen LogP contribution in [0.5, 0.6) is 0 Å². The molecule has 0 aliphatic heterocycles. The fraction of sp³-hybridized carbons (Fsp3) is 0.385. The number of hydrogen-bond donors (Lipinski definition) is 2. The number of carbonyl (C=O) groups excluding carboxylic acids is 1. The van der Waals surface area contributed by atoms with Gasteiger partial charge in [0.2, 0.25) is 5.91 Å². The molecule has 0 saturated heterocycles. The van der Waals surface area contributed by atoms with Gasteiger partial charge in [0.25, 0.3) is 5.69 Å². The number of carbonyl (C=O) groups is 2. The number of benzene rings is 1. The predicted molar refractivity (Wildman–Crippen MR) is 74.4 cm³/mol. The Hall–Kier alpha value is -2.48. The number of rotatable bonds is 7. The number of nitro benzene ring substituents is 1. The third-order valence-electron chi connectivity index (χ3n) is 2.90. The summed E-state index contributed by atoms with van der Waals surface area (Å²) in [5.74, 6) is -1.67. The Morgan fingerprint density at radius 2 is 2.14 bits per heavy atom. The van der Waals surface area contributed by atoms with Crippen LogP contribution in [0.25, 0.3) is 0 Å². The first kappa shape index (κ1) is 16.6. The van der Waals surface area contributed by atoms with Crippen LogP contribution >= 0.6 is 0 Å². The number of hydrogen-bond acceptors (Lipinski definition) is 5. The van der Waals surface area contributed by atoms with Crippen molar-refractivity contribution < 1.29 is 24.4 Å². The number of carboxylic acid groups (broad SMARTS) is 1. The maximum Gasteiger partial charge on any atom is 0.335 e. The molecule has 0 aromatic heterocycles. The molecule has 0 fully saturated rings. The van der Waals surface area contributed by atoms with E-state index in [-0.39, 0.29) is 23.8 Å². The molecule has 0 bridgehead atoms. The van der Waals surface area contributed by atoms with Gasteiger partial charge in [-0.25, -0.2) is 4.79 Å². The molecule has 0 saturated carbocycles. The van der Waals surface area contributed by atoms with Gasteiger partial charge in [0, 0.05) is 19.6 Å². The van der Waals surface area contributed by atoms with E-state index in [4.69, 9.17) is 9.84 Å². The van der Waals surface area contributed by atoms with E-state index < -0.39 is 22.5 Å². The number of amides is 1. The average Bonchev–Trinajstić information content (AvgIpc) is 2.44. The SMILES string of the molecule is COC(C)CCC(=O)Nc1ccc(C(=O)O)cc1[N+](=O)[O-]. The van der Waals surface area contributed by atoms with Crippen molar-refractivity contribution >= 4 is 23.3 Å². The lowest BCUT2D eigenvalue weighted by Gasteiger charge is -2.10. The average molecular weight is 296 g/mol. The molecule has 0 heterocycles. The van der Waals surface area contributed by atoms with Crippen LogP contribution in [0.2, 0.25) is 0 Å². The van der Waals surface area contributed by atoms with Crippen molar-refractivity contribution in [3.8, 4) is 0 Å². The molecule has 114 valence electrons. The number of methoxy groups -OCH3 is 1. The maximum atomic E-state index is 11.7. The summed E-state index contributed by atoms with van der Waals surface area (Å²) in [5, 5.41) is 22.2. The van der Waals surface area contributed by atoms with Crippen molar-refractivity contribution in [2.24, 2.45) is 0 Å². The van der Waals surface area contributed by atoms with Crippen LogP contribution in [-0.2, 0) is 9.53 Å². The van der Waals surface area contributed by atoms with Gasteiger partial charge < -0.3 is 15.2 Å². The molecule has 8 heteroatoms. The van der Waals surface area contributed by atoms with E-state index in [0.717, 1.165) is 6.07 Å². The Balaban J connectivity index is 2.85. The largest absolute Gasteiger partial charge is 0.478 e. The normalized spacial score (nSPS) is 11.7. The van der Waals surface area contributed by atoms with Gasteiger partial charge in [0.1, 0.15) is 5.69 Å². The second-order valence-corrected chi connectivity index (χ2v) is 4.43. The van der Waals surface area contributed by atoms with E-state index in [1.807, 2.05) is 0 Å². The second-order valence-electron chi connectivity index (χ2n) is 4.43. The smallest absolute Gasteiger partial charge is 0.335 e. The first-order chi connectivity index (χ1) is 9.85. The van der Waals surface area contributed by atoms with Crippen molar-refractivity contribution in [3.63, 3.8) is 0 Å². The van der Waals surface area contributed by atoms with Gasteiger partial charge in [0.05, 0.1) is 16.6 Å². The van der Waals surface area contributed by atoms with Crippen molar-refractivity contribution in [1.29, 1.82) is 0 Å². The summed E-state index contributed by atoms with van der Waals surface area (Å²) < 4.78 is 5.00. The molecule has 0 spiro atoms. The molecular weight excluding hydrogens is 280 g/mol. The molecule has 1 aromatic carbocycles. The summed E-state index contributed by atoms with van der Waals surface area (Å²) in [7, 11) is 1.53. The molecule has 1 rings (SSSR count). The second kappa shape index (κ2) is 7.34. The summed E-state index contributed by atoms with van der Waals surface area (Å²) in [6.45, 7) is 1.80. The zero-order chi connectivity index (χ0) is 16.0. The summed E-state index contributed by atoms with van der Waals surface area (Å²) in [5.41, 5.74) is -0.698. The molecule has 1 amide bonds. The topological polar surface area (TPSA) is 119 Å². The van der Waals surface area contributed by atoms with E-state index in [9.17, 15) is 19.7 Å². The number of aromatic carboxylic acids is 1. The number of nitro groups is 1. The highest BCUT2D eigenvalue weighted by Gasteiger charge is 2.19. The summed E-state index contributed by atoms with van der Waals surface area (Å²) in [6, 6.07) is 3.32. The minimum absolute atomic E-state index is 0.0277. The Morgan fingerprint density at radius 3 is 2.67 bits per heavy atom. The van der Waals surface area contributed by atoms with Gasteiger partial charge in [-0.1, -0.05) is 0 Å². The van der Waals surface area contributed by atoms with Crippen LogP contribution in [0.1, 0.15) is 30.1 Å². The quantitative estimate of drug-likeness (QED) is 0.587. The molecule has 0 aliphatic carbocycles. The standard InChI is InChI=1S/C13H16N2O6/c1-8(21-2)3-6-12(16)14-10-5-4-9(13(17)18)7-11(10)15(19)20/h4-5,7-8H,3,6H2,1-2H3,(H,14,16)(H,17,18). The van der Waals surface area contributed by atoms with Crippen LogP contribution in [0.3, 0.4) is 0 Å². The Bertz CT molecular complexity index is 558. The van der Waals surface area contributed by atoms with Crippen LogP contribution in [-0.4, -0.2) is 35.1 Å². The van der Waals surface area contributed by atoms with Crippen molar-refractivity contribution in [3.05, 3.63) is 33.9 Å². The third-order valence-corrected chi connectivity index (χ3v) is 2.90. The first-order valence-electron chi connectivity index (χ1n) is 6.19. The molecule has 1 unspecified atom stereocenters. The van der Waals surface area contributed by atoms with Crippen LogP contribution in [0, 0.1) is 10.1 Å². The lowest BCUT2D eigenvalue weighted by atomic mass is 10.1. The minimum Gasteiger partial charge on any atom is -0.478 e. The highest BCUT2D eigenvalue weighted by molar-refractivity contribution is 5.95. The van der Waals surface area contributed by atoms with Gasteiger partial charge in [-0.3, -0.25) is 14.9 Å². The molecule has 0 radical (unpaired) electrons. The summed E-state index contributed by atoms with van der Waals surface area (Å²) >= 11 is 0. The van der Waals surface area contributed by atoms with Gasteiger partial charge in [-0.2, -0.15) is 0 Å². The monoisotopic (exact) mass is 296 g/mol. The fourth-order valence-electron chi connectivity index (χ4n) is 1.59. The molecular formula is C13H16N2O6. The Labute approximate surface area is 120 Å². The van der Waals surface area contributed by atoms with Gasteiger partial charge in [-0.15, -0.1) is 0 Å². The lowest BCUT2D eigenvalue weighted by Crippen LogP contribution is -2.16. The third kappa shape index (κ3) is 4.84. The lowest BCUT2D eigenvalue weighted by molar-refractivity contribution is -0.384. The van der Waals surface area contributed by atoms with Crippen LogP contribution in [0.4, 0.5) is 11.4 Å². The highest BCUT2D eigenvalue weighted by Crippen LogP contribution is 2.26. The zero-order valence-corrected chi connectivity index (χ0v) is 11.7. The number of carboxylic acids is 1. The highest BCUT2D eigenvalue weighted by atomic mass is 16.6. The number of anilines is 1. The molecule has 1 atom stereocenters. The van der Waals surface area contributed by atoms with Crippen molar-refractivity contribution in [1.82, 2.24) is 0 Å². The van der Waals surface area contributed by atoms with E-state index >= 15 is 0 Å². The molecule has 2 N–H and O–H groups in total. The summed E-state index contributed by atoms with van der Waals surface area (Å²) in [4.78, 5) is 32.7. The van der Waals surface area contributed by atoms with Crippen LogP contribution < -0.4 is 5.32 Å². The van der Waals surface area contributed by atoms with Gasteiger partial charge in [0.15, 0.2) is 0 Å². The molecule has 21 heavy (non-hydrogen) atoms. The Kier molecular flexibility index (Phi) is 5.79. The fourth-order valence-corrected chi connectivity index (χ4v) is 1.59. The van der Waals surface area contributed by atoms with E-state index in [0.29, 0.717) is 6.42 Å². The van der Waals surface area contributed by atoms with E-state index in [1.165, 1.54) is 19.2 Å². The van der Waals surface area contributed by atoms with E-state index in [1.54, 1.807) is 6.92 Å². The Morgan fingerprint density at radius 1 is 1.48 bits per heavy atom. The minimum atomic E-state index is -1.27. The summed E-state index contributed by atoms with van der Waals surface area (Å²) in [6.07, 6.45) is 0.524. The van der Waals surface area contributed by atoms with Gasteiger partial charge in [-0.05, 0) is 25.5 Å². The molecule has 0 aliphatic rings. The van der Waals surface area contributed by atoms with Gasteiger partial charge >= 0.3 is 5.97 Å². The van der Waals surface area contributed by atoms with Crippen molar-refractivity contribution in [2.45, 2.75) is 25.9 Å². The number of nitrogens with zero attached hydrogens (tertiary/aromatic N) is 1. The number of ether oxygens (including phenoxy) is 1. The van der Waals surface area contributed by atoms with E-state index in [2.05, 4.69) is 5.32 Å². The molecule has 1 aromatic rings. The maximum absolute atomic E-state index is 11.7. The first-order valence-corrected chi connectivity index (χ1v) is 6.19. The number of nitrogens with one attached hydrogen (secondary N) is 1. The van der Waals surface area contributed by atoms with Crippen molar-refractivity contribution in [2.75, 3.05) is 12.4 Å². The zero-order valence-electron chi connectivity index (χ0n) is 11.7.